The summed E-state index contributed by atoms with van der Waals surface area (Å²) in [6.07, 6.45) is -10.2. The summed E-state index contributed by atoms with van der Waals surface area (Å²) < 4.78 is 177. The van der Waals surface area contributed by atoms with E-state index in [9.17, 15) is 62.2 Å². The number of halogens is 14. The molecule has 0 aliphatic heterocycles. The first kappa shape index (κ1) is 31.4. The van der Waals surface area contributed by atoms with E-state index in [-0.39, 0.29) is 9.13 Å². The second-order valence-electron chi connectivity index (χ2n) is 8.21. The zero-order chi connectivity index (χ0) is 28.9. The number of alkyl halides is 13. The molecule has 0 saturated heterocycles. The highest BCUT2D eigenvalue weighted by atomic mass is 127. The van der Waals surface area contributed by atoms with E-state index in [0.29, 0.717) is 0 Å². The Bertz CT molecular complexity index is 1090. The van der Waals surface area contributed by atoms with Crippen molar-refractivity contribution in [3.8, 4) is 0 Å². The largest absolute Gasteiger partial charge is 0.460 e. The highest BCUT2D eigenvalue weighted by Gasteiger charge is 2.90. The lowest BCUT2D eigenvalue weighted by Gasteiger charge is -2.43. The number of aliphatic hydroxyl groups is 1. The van der Waals surface area contributed by atoms with Gasteiger partial charge in [-0.15, -0.1) is 0 Å². The lowest BCUT2D eigenvalue weighted by Crippen LogP contribution is -2.70. The van der Waals surface area contributed by atoms with Crippen LogP contribution in [0.5, 0.6) is 0 Å². The van der Waals surface area contributed by atoms with Gasteiger partial charge in [-0.3, -0.25) is 0 Å². The average molecular weight is 670 g/mol. The van der Waals surface area contributed by atoms with Crippen LogP contribution in [0, 0.1) is 3.57 Å². The Morgan fingerprint density at radius 1 is 0.649 bits per heavy atom. The van der Waals surface area contributed by atoms with Crippen molar-refractivity contribution in [1.82, 2.24) is 0 Å². The molecule has 2 atom stereocenters. The molecule has 0 spiro atoms. The van der Waals surface area contributed by atoms with Crippen LogP contribution in [0.15, 0.2) is 54.6 Å². The van der Waals surface area contributed by atoms with E-state index in [0.717, 1.165) is 19.1 Å². The van der Waals surface area contributed by atoms with Gasteiger partial charge in [-0.1, -0.05) is 55.5 Å². The van der Waals surface area contributed by atoms with Gasteiger partial charge in [0.2, 0.25) is 0 Å². The fraction of sp³-hybridized carbons (Fsp3) is 0.455. The van der Waals surface area contributed by atoms with Crippen molar-refractivity contribution in [3.63, 3.8) is 0 Å². The normalized spacial score (nSPS) is 16.9. The van der Waals surface area contributed by atoms with Gasteiger partial charge in [-0.25, -0.2) is 0 Å². The lowest BCUT2D eigenvalue weighted by molar-refractivity contribution is -0.441. The second-order valence-corrected chi connectivity index (χ2v) is 9.38. The van der Waals surface area contributed by atoms with Gasteiger partial charge in [-0.05, 0) is 39.8 Å². The van der Waals surface area contributed by atoms with E-state index < -0.39 is 59.3 Å². The van der Waals surface area contributed by atoms with E-state index in [1.165, 1.54) is 65.1 Å². The molecule has 0 saturated carbocycles. The van der Waals surface area contributed by atoms with E-state index in [1.54, 1.807) is 0 Å². The predicted molar refractivity (Wildman–Crippen MR) is 113 cm³/mol. The summed E-state index contributed by atoms with van der Waals surface area (Å²) in [4.78, 5) is 0. The van der Waals surface area contributed by atoms with E-state index >= 15 is 0 Å². The monoisotopic (exact) mass is 670 g/mol. The molecule has 15 heteroatoms. The van der Waals surface area contributed by atoms with Crippen LogP contribution in [0.2, 0.25) is 0 Å². The first-order valence-corrected chi connectivity index (χ1v) is 11.0. The van der Waals surface area contributed by atoms with Gasteiger partial charge >= 0.3 is 35.8 Å². The van der Waals surface area contributed by atoms with Crippen molar-refractivity contribution in [3.05, 3.63) is 69.3 Å². The minimum atomic E-state index is -8.00. The third kappa shape index (κ3) is 5.01. The average Bonchev–Trinajstić information content (AvgIpc) is 2.77. The SMILES string of the molecule is CC(c1ccccc1)C(O)(CC(F)(F)C(F)(F)C(F)(F)C(F)(F)C(F)(F)C(F)(F)F)c1ccccc1I. The Balaban J connectivity index is 2.70. The molecule has 0 heterocycles. The number of rotatable bonds is 9. The van der Waals surface area contributed by atoms with Crippen LogP contribution in [-0.2, 0) is 5.60 Å². The van der Waals surface area contributed by atoms with E-state index in [1.807, 2.05) is 0 Å². The summed E-state index contributed by atoms with van der Waals surface area (Å²) in [6, 6.07) is 11.2. The van der Waals surface area contributed by atoms with Crippen LogP contribution in [0.4, 0.5) is 57.1 Å². The number of benzene rings is 2. The Hall–Kier alpha value is -1.78. The van der Waals surface area contributed by atoms with E-state index in [2.05, 4.69) is 0 Å². The zero-order valence-electron chi connectivity index (χ0n) is 18.2. The van der Waals surface area contributed by atoms with Crippen LogP contribution in [-0.4, -0.2) is 40.9 Å². The minimum absolute atomic E-state index is 0.00976. The van der Waals surface area contributed by atoms with Crippen LogP contribution in [0.25, 0.3) is 0 Å². The van der Waals surface area contributed by atoms with Crippen molar-refractivity contribution in [2.75, 3.05) is 0 Å². The van der Waals surface area contributed by atoms with Gasteiger partial charge in [0.25, 0.3) is 0 Å². The van der Waals surface area contributed by atoms with Crippen LogP contribution >= 0.6 is 22.6 Å². The molecule has 2 rings (SSSR count). The molecule has 0 fully saturated rings. The lowest BCUT2D eigenvalue weighted by atomic mass is 9.73. The van der Waals surface area contributed by atoms with Gasteiger partial charge in [0.05, 0.1) is 6.42 Å². The van der Waals surface area contributed by atoms with Gasteiger partial charge in [0.15, 0.2) is 0 Å². The third-order valence-electron chi connectivity index (χ3n) is 5.85. The van der Waals surface area contributed by atoms with Crippen LogP contribution < -0.4 is 0 Å². The van der Waals surface area contributed by atoms with Crippen molar-refractivity contribution in [1.29, 1.82) is 0 Å². The smallest absolute Gasteiger partial charge is 0.384 e. The fourth-order valence-electron chi connectivity index (χ4n) is 3.56. The predicted octanol–water partition coefficient (Wildman–Crippen LogP) is 8.41. The van der Waals surface area contributed by atoms with Gasteiger partial charge < -0.3 is 5.11 Å². The Morgan fingerprint density at radius 2 is 1.08 bits per heavy atom. The summed E-state index contributed by atoms with van der Waals surface area (Å²) >= 11 is 1.47. The van der Waals surface area contributed by atoms with Crippen LogP contribution in [0.1, 0.15) is 30.4 Å². The molecule has 1 N–H and O–H groups in total. The Labute approximate surface area is 214 Å². The van der Waals surface area contributed by atoms with E-state index in [4.69, 9.17) is 0 Å². The maximum absolute atomic E-state index is 14.8. The molecule has 0 radical (unpaired) electrons. The second kappa shape index (κ2) is 9.75. The Morgan fingerprint density at radius 3 is 1.54 bits per heavy atom. The highest BCUT2D eigenvalue weighted by Crippen LogP contribution is 2.62. The van der Waals surface area contributed by atoms with Crippen molar-refractivity contribution in [2.45, 2.75) is 60.7 Å². The first-order chi connectivity index (χ1) is 16.5. The molecule has 0 aliphatic rings. The molecule has 0 aliphatic carbocycles. The summed E-state index contributed by atoms with van der Waals surface area (Å²) in [5, 5.41) is 11.3. The summed E-state index contributed by atoms with van der Waals surface area (Å²) in [6.45, 7) is 1.01. The molecule has 208 valence electrons. The van der Waals surface area contributed by atoms with Crippen molar-refractivity contribution >= 4 is 22.6 Å². The Kier molecular flexibility index (Phi) is 8.29. The number of hydrogen-bond acceptors (Lipinski definition) is 1. The van der Waals surface area contributed by atoms with Gasteiger partial charge in [0.1, 0.15) is 5.60 Å². The summed E-state index contributed by atoms with van der Waals surface area (Å²) in [5.41, 5.74) is -3.79. The molecule has 37 heavy (non-hydrogen) atoms. The topological polar surface area (TPSA) is 20.2 Å². The molecule has 0 aromatic heterocycles. The first-order valence-electron chi connectivity index (χ1n) is 9.97. The zero-order valence-corrected chi connectivity index (χ0v) is 20.4. The maximum Gasteiger partial charge on any atom is 0.460 e. The molecule has 1 nitrogen and oxygen atoms in total. The molecule has 2 unspecified atom stereocenters. The third-order valence-corrected chi connectivity index (χ3v) is 6.79. The molecule has 0 bridgehead atoms. The number of hydrogen-bond donors (Lipinski definition) is 1. The van der Waals surface area contributed by atoms with Crippen molar-refractivity contribution in [2.24, 2.45) is 0 Å². The molecular weight excluding hydrogens is 654 g/mol. The maximum atomic E-state index is 14.8. The summed E-state index contributed by atoms with van der Waals surface area (Å²) in [5.74, 6) is -39.3. The quantitative estimate of drug-likeness (QED) is 0.210. The van der Waals surface area contributed by atoms with Crippen LogP contribution in [0.3, 0.4) is 0 Å². The standard InChI is InChI=1S/C22H16F13IO/c1-12(13-7-3-2-4-8-13)16(37,14-9-5-6-10-15(14)36)11-17(23,24)18(25,26)19(27,28)20(29,30)21(31,32)22(33,34)35/h2-10,12,37H,11H2,1H3. The molecule has 2 aromatic rings. The highest BCUT2D eigenvalue weighted by molar-refractivity contribution is 14.1. The molecule has 0 amide bonds. The van der Waals surface area contributed by atoms with Crippen molar-refractivity contribution < 1.29 is 62.2 Å². The molecular formula is C22H16F13IO. The van der Waals surface area contributed by atoms with Gasteiger partial charge in [-0.2, -0.15) is 57.1 Å². The fourth-order valence-corrected chi connectivity index (χ4v) is 4.42. The van der Waals surface area contributed by atoms with Gasteiger partial charge in [0, 0.05) is 9.49 Å². The molecule has 2 aromatic carbocycles. The summed E-state index contributed by atoms with van der Waals surface area (Å²) in [7, 11) is 0. The minimum Gasteiger partial charge on any atom is -0.384 e.